The van der Waals surface area contributed by atoms with Crippen LogP contribution in [0.15, 0.2) is 45.3 Å². The first-order valence-electron chi connectivity index (χ1n) is 5.46. The third-order valence-corrected chi connectivity index (χ3v) is 3.19. The van der Waals surface area contributed by atoms with E-state index in [4.69, 9.17) is 4.42 Å². The normalized spacial score (nSPS) is 11.1. The standard InChI is InChI=1S/C14H9BrFNO/c1-8-6-10(15)7-12-13(8)18-14(17-12)9-2-4-11(16)5-3-9/h2-7H,1H3. The van der Waals surface area contributed by atoms with Crippen molar-refractivity contribution in [2.75, 3.05) is 0 Å². The summed E-state index contributed by atoms with van der Waals surface area (Å²) in [5.74, 6) is 0.236. The van der Waals surface area contributed by atoms with Crippen molar-refractivity contribution in [3.63, 3.8) is 0 Å². The molecule has 18 heavy (non-hydrogen) atoms. The first-order valence-corrected chi connectivity index (χ1v) is 6.25. The smallest absolute Gasteiger partial charge is 0.227 e. The Bertz CT molecular complexity index is 718. The topological polar surface area (TPSA) is 26.0 Å². The van der Waals surface area contributed by atoms with E-state index in [1.807, 2.05) is 19.1 Å². The number of halogens is 2. The predicted octanol–water partition coefficient (Wildman–Crippen LogP) is 4.70. The van der Waals surface area contributed by atoms with Crippen molar-refractivity contribution in [2.45, 2.75) is 6.92 Å². The van der Waals surface area contributed by atoms with Gasteiger partial charge in [0.1, 0.15) is 11.3 Å². The van der Waals surface area contributed by atoms with Gasteiger partial charge in [-0.25, -0.2) is 9.37 Å². The number of hydrogen-bond donors (Lipinski definition) is 0. The molecule has 3 aromatic rings. The molecule has 0 radical (unpaired) electrons. The molecule has 0 aliphatic rings. The lowest BCUT2D eigenvalue weighted by atomic mass is 10.2. The van der Waals surface area contributed by atoms with Crippen LogP contribution in [0.25, 0.3) is 22.6 Å². The first-order chi connectivity index (χ1) is 8.63. The molecular weight excluding hydrogens is 297 g/mol. The molecule has 2 aromatic carbocycles. The van der Waals surface area contributed by atoms with E-state index in [0.29, 0.717) is 5.89 Å². The molecule has 0 aliphatic heterocycles. The highest BCUT2D eigenvalue weighted by Crippen LogP contribution is 2.28. The fraction of sp³-hybridized carbons (Fsp3) is 0.0714. The lowest BCUT2D eigenvalue weighted by Crippen LogP contribution is -1.78. The number of benzene rings is 2. The van der Waals surface area contributed by atoms with Crippen LogP contribution >= 0.6 is 15.9 Å². The van der Waals surface area contributed by atoms with Crippen LogP contribution < -0.4 is 0 Å². The quantitative estimate of drug-likeness (QED) is 0.651. The lowest BCUT2D eigenvalue weighted by molar-refractivity contribution is 0.614. The van der Waals surface area contributed by atoms with E-state index in [0.717, 1.165) is 26.7 Å². The number of rotatable bonds is 1. The molecule has 0 N–H and O–H groups in total. The highest BCUT2D eigenvalue weighted by atomic mass is 79.9. The summed E-state index contributed by atoms with van der Waals surface area (Å²) >= 11 is 3.43. The molecule has 0 aliphatic carbocycles. The average molecular weight is 306 g/mol. The van der Waals surface area contributed by atoms with Crippen LogP contribution in [0.4, 0.5) is 4.39 Å². The summed E-state index contributed by atoms with van der Waals surface area (Å²) in [5, 5.41) is 0. The second kappa shape index (κ2) is 4.21. The van der Waals surface area contributed by atoms with Gasteiger partial charge in [-0.15, -0.1) is 0 Å². The van der Waals surface area contributed by atoms with Gasteiger partial charge < -0.3 is 4.42 Å². The Kier molecular flexibility index (Phi) is 2.67. The summed E-state index contributed by atoms with van der Waals surface area (Å²) in [6.45, 7) is 1.96. The van der Waals surface area contributed by atoms with Crippen LogP contribution in [0.5, 0.6) is 0 Å². The molecule has 0 amide bonds. The van der Waals surface area contributed by atoms with Gasteiger partial charge in [0, 0.05) is 10.0 Å². The monoisotopic (exact) mass is 305 g/mol. The van der Waals surface area contributed by atoms with Crippen LogP contribution in [-0.2, 0) is 0 Å². The molecular formula is C14H9BrFNO. The van der Waals surface area contributed by atoms with Crippen molar-refractivity contribution in [1.82, 2.24) is 4.98 Å². The summed E-state index contributed by atoms with van der Waals surface area (Å²) < 4.78 is 19.6. The number of aryl methyl sites for hydroxylation is 1. The first kappa shape index (κ1) is 11.4. The Hall–Kier alpha value is -1.68. The van der Waals surface area contributed by atoms with E-state index >= 15 is 0 Å². The molecule has 0 saturated heterocycles. The van der Waals surface area contributed by atoms with E-state index in [1.165, 1.54) is 12.1 Å². The van der Waals surface area contributed by atoms with Gasteiger partial charge in [0.05, 0.1) is 0 Å². The van der Waals surface area contributed by atoms with E-state index in [1.54, 1.807) is 12.1 Å². The third kappa shape index (κ3) is 1.93. The Morgan fingerprint density at radius 3 is 2.61 bits per heavy atom. The molecule has 3 rings (SSSR count). The maximum Gasteiger partial charge on any atom is 0.227 e. The summed E-state index contributed by atoms with van der Waals surface area (Å²) in [6.07, 6.45) is 0. The zero-order valence-corrected chi connectivity index (χ0v) is 11.2. The van der Waals surface area contributed by atoms with E-state index < -0.39 is 0 Å². The Balaban J connectivity index is 2.19. The van der Waals surface area contributed by atoms with Crippen molar-refractivity contribution >= 4 is 27.0 Å². The molecule has 0 unspecified atom stereocenters. The Morgan fingerprint density at radius 1 is 1.17 bits per heavy atom. The summed E-state index contributed by atoms with van der Waals surface area (Å²) in [4.78, 5) is 4.42. The largest absolute Gasteiger partial charge is 0.436 e. The molecule has 0 spiro atoms. The molecule has 1 aromatic heterocycles. The third-order valence-electron chi connectivity index (χ3n) is 2.73. The summed E-state index contributed by atoms with van der Waals surface area (Å²) in [5.41, 5.74) is 3.34. The van der Waals surface area contributed by atoms with Gasteiger partial charge in [-0.2, -0.15) is 0 Å². The van der Waals surface area contributed by atoms with Crippen LogP contribution in [0.1, 0.15) is 5.56 Å². The van der Waals surface area contributed by atoms with E-state index in [9.17, 15) is 4.39 Å². The van der Waals surface area contributed by atoms with Crippen LogP contribution in [0.3, 0.4) is 0 Å². The van der Waals surface area contributed by atoms with Crippen LogP contribution in [0.2, 0.25) is 0 Å². The van der Waals surface area contributed by atoms with Gasteiger partial charge in [-0.05, 0) is 48.9 Å². The lowest BCUT2D eigenvalue weighted by Gasteiger charge is -1.94. The fourth-order valence-corrected chi connectivity index (χ4v) is 2.43. The zero-order chi connectivity index (χ0) is 12.7. The minimum Gasteiger partial charge on any atom is -0.436 e. The highest BCUT2D eigenvalue weighted by molar-refractivity contribution is 9.10. The molecule has 90 valence electrons. The summed E-state index contributed by atoms with van der Waals surface area (Å²) in [6, 6.07) is 9.98. The molecule has 2 nitrogen and oxygen atoms in total. The second-order valence-electron chi connectivity index (χ2n) is 4.10. The van der Waals surface area contributed by atoms with Gasteiger partial charge in [0.2, 0.25) is 5.89 Å². The van der Waals surface area contributed by atoms with Crippen molar-refractivity contribution in [1.29, 1.82) is 0 Å². The van der Waals surface area contributed by atoms with Gasteiger partial charge >= 0.3 is 0 Å². The van der Waals surface area contributed by atoms with Crippen molar-refractivity contribution in [3.05, 3.63) is 52.3 Å². The number of fused-ring (bicyclic) bond motifs is 1. The second-order valence-corrected chi connectivity index (χ2v) is 5.01. The van der Waals surface area contributed by atoms with E-state index in [-0.39, 0.29) is 5.82 Å². The van der Waals surface area contributed by atoms with Crippen LogP contribution in [-0.4, -0.2) is 4.98 Å². The molecule has 0 fully saturated rings. The minimum atomic E-state index is -0.270. The molecule has 4 heteroatoms. The Morgan fingerprint density at radius 2 is 1.89 bits per heavy atom. The van der Waals surface area contributed by atoms with Gasteiger partial charge in [-0.1, -0.05) is 15.9 Å². The minimum absolute atomic E-state index is 0.270. The van der Waals surface area contributed by atoms with Crippen LogP contribution in [0, 0.1) is 12.7 Å². The van der Waals surface area contributed by atoms with Gasteiger partial charge in [-0.3, -0.25) is 0 Å². The fourth-order valence-electron chi connectivity index (χ4n) is 1.87. The number of hydrogen-bond acceptors (Lipinski definition) is 2. The van der Waals surface area contributed by atoms with Crippen molar-refractivity contribution in [3.8, 4) is 11.5 Å². The average Bonchev–Trinajstić information content (AvgIpc) is 2.74. The molecule has 0 saturated carbocycles. The maximum atomic E-state index is 12.9. The number of oxazole rings is 1. The zero-order valence-electron chi connectivity index (χ0n) is 9.58. The molecule has 0 atom stereocenters. The van der Waals surface area contributed by atoms with Gasteiger partial charge in [0.25, 0.3) is 0 Å². The Labute approximate surface area is 112 Å². The molecule has 1 heterocycles. The maximum absolute atomic E-state index is 12.9. The van der Waals surface area contributed by atoms with Crippen molar-refractivity contribution < 1.29 is 8.81 Å². The van der Waals surface area contributed by atoms with Crippen molar-refractivity contribution in [2.24, 2.45) is 0 Å². The number of aromatic nitrogens is 1. The molecule has 0 bridgehead atoms. The van der Waals surface area contributed by atoms with Gasteiger partial charge in [0.15, 0.2) is 5.58 Å². The number of nitrogens with zero attached hydrogens (tertiary/aromatic N) is 1. The SMILES string of the molecule is Cc1cc(Br)cc2nc(-c3ccc(F)cc3)oc12. The van der Waals surface area contributed by atoms with E-state index in [2.05, 4.69) is 20.9 Å². The summed E-state index contributed by atoms with van der Waals surface area (Å²) in [7, 11) is 0. The predicted molar refractivity (Wildman–Crippen MR) is 71.8 cm³/mol. The highest BCUT2D eigenvalue weighted by Gasteiger charge is 2.10.